The summed E-state index contributed by atoms with van der Waals surface area (Å²) in [6.45, 7) is 9.74. The summed E-state index contributed by atoms with van der Waals surface area (Å²) < 4.78 is 6.46. The molecule has 1 saturated heterocycles. The van der Waals surface area contributed by atoms with Gasteiger partial charge in [0.15, 0.2) is 0 Å². The fourth-order valence-electron chi connectivity index (χ4n) is 13.2. The van der Waals surface area contributed by atoms with Crippen LogP contribution in [-0.2, 0) is 19.2 Å². The van der Waals surface area contributed by atoms with Gasteiger partial charge in [-0.2, -0.15) is 5.06 Å². The van der Waals surface area contributed by atoms with Crippen LogP contribution in [0.2, 0.25) is 0 Å². The molecule has 7 aliphatic rings. The Morgan fingerprint density at radius 3 is 2.32 bits per heavy atom. The topological polar surface area (TPSA) is 153 Å². The zero-order valence-corrected chi connectivity index (χ0v) is 37.1. The Morgan fingerprint density at radius 1 is 0.982 bits per heavy atom. The van der Waals surface area contributed by atoms with E-state index < -0.39 is 24.2 Å². The quantitative estimate of drug-likeness (QED) is 0.165. The number of carbonyl (C=O) groups is 2. The molecule has 6 saturated carbocycles. The Hall–Kier alpha value is -1.38. The summed E-state index contributed by atoms with van der Waals surface area (Å²) in [5, 5.41) is 30.3. The summed E-state index contributed by atoms with van der Waals surface area (Å²) in [5.41, 5.74) is 6.90. The normalized spacial score (nSPS) is 42.0. The van der Waals surface area contributed by atoms with Gasteiger partial charge in [-0.25, -0.2) is 0 Å². The van der Waals surface area contributed by atoms with Crippen LogP contribution in [-0.4, -0.2) is 140 Å². The minimum Gasteiger partial charge on any atom is -0.394 e. The van der Waals surface area contributed by atoms with E-state index in [1.54, 1.807) is 12.0 Å². The molecule has 12 nitrogen and oxygen atoms in total. The van der Waals surface area contributed by atoms with Crippen molar-refractivity contribution in [3.8, 4) is 0 Å². The van der Waals surface area contributed by atoms with Crippen LogP contribution in [0.5, 0.6) is 0 Å². The van der Waals surface area contributed by atoms with Crippen LogP contribution in [0, 0.1) is 58.7 Å². The number of likely N-dealkylation sites (N-methyl/N-ethyl adjacent to an activating group) is 1. The summed E-state index contributed by atoms with van der Waals surface area (Å²) in [6, 6.07) is -0.0402. The number of rotatable bonds is 15. The molecule has 328 valence electrons. The maximum atomic E-state index is 14.4. The van der Waals surface area contributed by atoms with Crippen molar-refractivity contribution in [2.75, 3.05) is 55.0 Å². The molecule has 0 radical (unpaired) electrons. The Morgan fingerprint density at radius 2 is 1.70 bits per heavy atom. The Kier molecular flexibility index (Phi) is 15.1. The summed E-state index contributed by atoms with van der Waals surface area (Å²) >= 11 is 0. The third-order valence-corrected chi connectivity index (χ3v) is 16.7. The van der Waals surface area contributed by atoms with E-state index >= 15 is 0 Å². The Labute approximate surface area is 345 Å². The second kappa shape index (κ2) is 19.1. The number of methoxy groups -OCH3 is 1. The number of ether oxygens (including phenoxy) is 1. The highest BCUT2D eigenvalue weighted by Crippen LogP contribution is 2.61. The van der Waals surface area contributed by atoms with Crippen molar-refractivity contribution in [1.29, 1.82) is 0 Å². The molecule has 7 rings (SSSR count). The van der Waals surface area contributed by atoms with Gasteiger partial charge in [0.25, 0.3) is 0 Å². The largest absolute Gasteiger partial charge is 0.394 e. The molecule has 2 bridgehead atoms. The fraction of sp³-hybridized carbons (Fsp3) is 0.956. The molecular weight excluding hydrogens is 721 g/mol. The molecule has 6 aliphatic carbocycles. The van der Waals surface area contributed by atoms with Crippen LogP contribution >= 0.6 is 0 Å². The molecule has 1 aliphatic heterocycles. The maximum absolute atomic E-state index is 14.4. The van der Waals surface area contributed by atoms with E-state index in [4.69, 9.17) is 15.3 Å². The van der Waals surface area contributed by atoms with Crippen molar-refractivity contribution in [3.63, 3.8) is 0 Å². The lowest BCUT2D eigenvalue weighted by atomic mass is 9.45. The van der Waals surface area contributed by atoms with E-state index in [-0.39, 0.29) is 60.4 Å². The van der Waals surface area contributed by atoms with Gasteiger partial charge in [0.1, 0.15) is 12.1 Å². The highest BCUT2D eigenvalue weighted by Gasteiger charge is 2.58. The number of nitrogens with two attached hydrogens (primary N) is 1. The number of hydrogen-bond acceptors (Lipinski definition) is 10. The molecule has 57 heavy (non-hydrogen) atoms. The number of nitrogens with zero attached hydrogens (tertiary/aromatic N) is 3. The van der Waals surface area contributed by atoms with Gasteiger partial charge in [-0.05, 0) is 140 Å². The van der Waals surface area contributed by atoms with Crippen LogP contribution in [0.1, 0.15) is 111 Å². The predicted octanol–water partition coefficient (Wildman–Crippen LogP) is 3.88. The van der Waals surface area contributed by atoms with E-state index in [1.807, 2.05) is 7.11 Å². The summed E-state index contributed by atoms with van der Waals surface area (Å²) in [4.78, 5) is 39.6. The van der Waals surface area contributed by atoms with Gasteiger partial charge in [-0.1, -0.05) is 40.0 Å². The number of nitrogens with one attached hydrogen (secondary N) is 2. The predicted molar refractivity (Wildman–Crippen MR) is 224 cm³/mol. The highest BCUT2D eigenvalue weighted by atomic mass is 16.7. The standard InChI is InChI=1S/C45H82N6O6/c1-26-36-21-32(45(36,3)4)22-38(26)48-44(55)41-40(27(2)53)39(25-52)57-51(41)23-29-14-12-15-35(42(29)56-9)30-17-31(20-34(19-30)50(7)8)43(54)47-33(24-49(5)6)18-28-13-10-11-16-37(28)46/h26-42,52-53H,10-25,46H2,1-9H3,(H,47,54)(H,48,55)/t26-,27-,28?,29?,30?,31?,32+,33-,34?,35?,36-,37?,38-,39-,40+,41-,42?/m0/s1. The maximum Gasteiger partial charge on any atom is 0.240 e. The summed E-state index contributed by atoms with van der Waals surface area (Å²) in [6.07, 6.45) is 11.9. The van der Waals surface area contributed by atoms with Gasteiger partial charge in [0.05, 0.1) is 18.8 Å². The average Bonchev–Trinajstić information content (AvgIpc) is 3.54. The van der Waals surface area contributed by atoms with E-state index in [2.05, 4.69) is 69.4 Å². The zero-order chi connectivity index (χ0) is 41.3. The third-order valence-electron chi connectivity index (χ3n) is 16.7. The van der Waals surface area contributed by atoms with Gasteiger partial charge in [0.2, 0.25) is 11.8 Å². The zero-order valence-electron chi connectivity index (χ0n) is 37.1. The first-order chi connectivity index (χ1) is 27.0. The summed E-state index contributed by atoms with van der Waals surface area (Å²) in [5.74, 6) is 2.13. The van der Waals surface area contributed by atoms with Crippen molar-refractivity contribution < 1.29 is 29.4 Å². The molecule has 0 aromatic carbocycles. The van der Waals surface area contributed by atoms with Crippen molar-refractivity contribution in [2.45, 2.75) is 160 Å². The van der Waals surface area contributed by atoms with Gasteiger partial charge >= 0.3 is 0 Å². The molecule has 0 aromatic rings. The van der Waals surface area contributed by atoms with Crippen LogP contribution < -0.4 is 16.4 Å². The highest BCUT2D eigenvalue weighted by molar-refractivity contribution is 5.83. The number of hydrogen-bond donors (Lipinski definition) is 5. The van der Waals surface area contributed by atoms with E-state index in [9.17, 15) is 19.8 Å². The minimum atomic E-state index is -0.832. The minimum absolute atomic E-state index is 0.0687. The first-order valence-electron chi connectivity index (χ1n) is 23.0. The first kappa shape index (κ1) is 45.2. The molecule has 7 fully saturated rings. The second-order valence-corrected chi connectivity index (χ2v) is 21.0. The number of aliphatic hydroxyl groups excluding tert-OH is 2. The van der Waals surface area contributed by atoms with Crippen molar-refractivity contribution >= 4 is 11.8 Å². The third kappa shape index (κ3) is 9.90. The average molecular weight is 803 g/mol. The van der Waals surface area contributed by atoms with Gasteiger partial charge in [-0.3, -0.25) is 14.4 Å². The van der Waals surface area contributed by atoms with E-state index in [0.29, 0.717) is 47.6 Å². The monoisotopic (exact) mass is 803 g/mol. The summed E-state index contributed by atoms with van der Waals surface area (Å²) in [7, 11) is 10.3. The molecule has 0 aromatic heterocycles. The number of carbonyl (C=O) groups excluding carboxylic acids is 2. The number of hydroxylamine groups is 2. The van der Waals surface area contributed by atoms with Gasteiger partial charge in [0, 0.05) is 62.1 Å². The lowest BCUT2D eigenvalue weighted by Gasteiger charge is -2.62. The van der Waals surface area contributed by atoms with Crippen LogP contribution in [0.15, 0.2) is 0 Å². The molecule has 17 atom stereocenters. The van der Waals surface area contributed by atoms with E-state index in [0.717, 1.165) is 70.8 Å². The van der Waals surface area contributed by atoms with Crippen molar-refractivity contribution in [2.24, 2.45) is 64.4 Å². The molecule has 8 unspecified atom stereocenters. The fourth-order valence-corrected chi connectivity index (χ4v) is 13.2. The molecule has 0 spiro atoms. The SMILES string of the molecule is COC1C(CN2O[C@@H](CO)[C@@H]([C@H](C)O)[C@H]2C(=O)N[C@H]2C[C@H]3C[C@@H]([C@@H]2C)C3(C)C)CCCC1C1CC(C(=O)N[C@@H](CC2CCCCC2N)CN(C)C)CC(N(C)C)C1. The number of aliphatic hydroxyl groups is 2. The smallest absolute Gasteiger partial charge is 0.240 e. The number of amides is 2. The Bertz CT molecular complexity index is 1330. The molecule has 6 N–H and O–H groups in total. The van der Waals surface area contributed by atoms with Crippen molar-refractivity contribution in [3.05, 3.63) is 0 Å². The Balaban J connectivity index is 1.16. The van der Waals surface area contributed by atoms with Crippen LogP contribution in [0.3, 0.4) is 0 Å². The molecule has 1 heterocycles. The van der Waals surface area contributed by atoms with Crippen molar-refractivity contribution in [1.82, 2.24) is 25.5 Å². The van der Waals surface area contributed by atoms with Crippen LogP contribution in [0.25, 0.3) is 0 Å². The first-order valence-corrected chi connectivity index (χ1v) is 23.0. The lowest BCUT2D eigenvalue weighted by Crippen LogP contribution is -2.62. The van der Waals surface area contributed by atoms with Crippen LogP contribution in [0.4, 0.5) is 0 Å². The second-order valence-electron chi connectivity index (χ2n) is 21.0. The molecular formula is C45H82N6O6. The number of fused-ring (bicyclic) bond motifs is 2. The molecule has 2 amide bonds. The van der Waals surface area contributed by atoms with Gasteiger partial charge in [-0.15, -0.1) is 0 Å². The molecule has 12 heteroatoms. The lowest BCUT2D eigenvalue weighted by molar-refractivity contribution is -0.193. The van der Waals surface area contributed by atoms with E-state index in [1.165, 1.54) is 19.3 Å². The van der Waals surface area contributed by atoms with Gasteiger partial charge < -0.3 is 41.1 Å².